The number of likely N-dealkylation sites (tertiary alicyclic amines) is 2. The molecule has 2 fully saturated rings. The van der Waals surface area contributed by atoms with Gasteiger partial charge in [0.25, 0.3) is 0 Å². The topological polar surface area (TPSA) is 75.1 Å². The first-order valence-corrected chi connectivity index (χ1v) is 14.5. The van der Waals surface area contributed by atoms with Gasteiger partial charge in [0.15, 0.2) is 5.78 Å². The van der Waals surface area contributed by atoms with Crippen LogP contribution >= 0.6 is 0 Å². The van der Waals surface area contributed by atoms with E-state index >= 15 is 0 Å². The van der Waals surface area contributed by atoms with Gasteiger partial charge in [-0.3, -0.25) is 24.5 Å². The smallest absolute Gasteiger partial charge is 0.239 e. The lowest BCUT2D eigenvalue weighted by Crippen LogP contribution is -2.52. The van der Waals surface area contributed by atoms with Crippen LogP contribution in [0.15, 0.2) is 65.9 Å². The van der Waals surface area contributed by atoms with Gasteiger partial charge in [-0.2, -0.15) is 0 Å². The molecule has 2 saturated heterocycles. The molecule has 0 radical (unpaired) electrons. The number of hydrogen-bond donors (Lipinski definition) is 0. The van der Waals surface area contributed by atoms with Crippen LogP contribution in [0.5, 0.6) is 5.75 Å². The number of Topliss-reactive ketones (excluding diaryl/α,β-unsaturated/α-hetero) is 1. The van der Waals surface area contributed by atoms with Crippen molar-refractivity contribution >= 4 is 17.4 Å². The molecule has 8 heteroatoms. The number of aliphatic imine (C=N–C) groups is 1. The van der Waals surface area contributed by atoms with Gasteiger partial charge in [0, 0.05) is 67.2 Å². The normalized spacial score (nSPS) is 20.5. The molecule has 0 spiro atoms. The summed E-state index contributed by atoms with van der Waals surface area (Å²) in [7, 11) is 1.53. The van der Waals surface area contributed by atoms with Crippen molar-refractivity contribution in [3.05, 3.63) is 94.6 Å². The highest BCUT2D eigenvalue weighted by molar-refractivity contribution is 6.16. The Morgan fingerprint density at radius 2 is 1.85 bits per heavy atom. The molecule has 3 aliphatic heterocycles. The van der Waals surface area contributed by atoms with Gasteiger partial charge in [-0.1, -0.05) is 18.2 Å². The number of benzene rings is 2. The average molecular weight is 555 g/mol. The summed E-state index contributed by atoms with van der Waals surface area (Å²) in [5.41, 5.74) is 5.11. The molecular weight excluding hydrogens is 519 g/mol. The first-order valence-electron chi connectivity index (χ1n) is 14.5. The molecule has 1 amide bonds. The Bertz CT molecular complexity index is 1470. The van der Waals surface area contributed by atoms with Crippen LogP contribution in [0.3, 0.4) is 0 Å². The zero-order valence-corrected chi connectivity index (χ0v) is 23.4. The van der Waals surface area contributed by atoms with Crippen LogP contribution in [0, 0.1) is 11.7 Å². The van der Waals surface area contributed by atoms with Crippen LogP contribution in [0.25, 0.3) is 0 Å². The van der Waals surface area contributed by atoms with E-state index in [0.717, 1.165) is 54.8 Å². The summed E-state index contributed by atoms with van der Waals surface area (Å²) in [5.74, 6) is 0.375. The number of piperidine rings is 1. The van der Waals surface area contributed by atoms with Gasteiger partial charge in [0.05, 0.1) is 25.4 Å². The van der Waals surface area contributed by atoms with Crippen molar-refractivity contribution in [3.8, 4) is 5.75 Å². The fourth-order valence-electron chi connectivity index (χ4n) is 6.48. The number of hydrogen-bond acceptors (Lipinski definition) is 6. The highest BCUT2D eigenvalue weighted by Crippen LogP contribution is 2.32. The molecule has 0 aliphatic carbocycles. The Kier molecular flexibility index (Phi) is 7.92. The van der Waals surface area contributed by atoms with Gasteiger partial charge in [0.1, 0.15) is 11.6 Å². The number of amides is 1. The fourth-order valence-corrected chi connectivity index (χ4v) is 6.48. The van der Waals surface area contributed by atoms with Crippen LogP contribution in [-0.2, 0) is 17.9 Å². The van der Waals surface area contributed by atoms with Gasteiger partial charge >= 0.3 is 0 Å². The Morgan fingerprint density at radius 3 is 2.63 bits per heavy atom. The van der Waals surface area contributed by atoms with Crippen molar-refractivity contribution in [3.63, 3.8) is 0 Å². The van der Waals surface area contributed by atoms with Gasteiger partial charge in [-0.05, 0) is 67.5 Å². The fraction of sp³-hybridized carbons (Fsp3) is 0.394. The maximum atomic E-state index is 14.9. The second kappa shape index (κ2) is 11.9. The first kappa shape index (κ1) is 27.3. The minimum Gasteiger partial charge on any atom is -0.496 e. The highest BCUT2D eigenvalue weighted by Gasteiger charge is 2.37. The molecule has 4 heterocycles. The SMILES string of the molecule is COc1cccc(F)c1CN1C[C@H](CC(=O)c2ccc3c(c2)C(c2ccncc2)=NC3)CCC1C(=O)N1CCCC1. The summed E-state index contributed by atoms with van der Waals surface area (Å²) < 4.78 is 20.4. The third kappa shape index (κ3) is 5.66. The monoisotopic (exact) mass is 554 g/mol. The van der Waals surface area contributed by atoms with Crippen LogP contribution in [-0.4, -0.2) is 65.0 Å². The van der Waals surface area contributed by atoms with Gasteiger partial charge in [-0.25, -0.2) is 4.39 Å². The van der Waals surface area contributed by atoms with Crippen LogP contribution in [0.4, 0.5) is 4.39 Å². The predicted molar refractivity (Wildman–Crippen MR) is 155 cm³/mol. The third-order valence-corrected chi connectivity index (χ3v) is 8.66. The van der Waals surface area contributed by atoms with E-state index in [9.17, 15) is 14.0 Å². The standard InChI is InChI=1S/C33H35FN4O3/c1-41-31-6-4-5-28(34)27(31)21-38-20-22(7-10-29(38)33(40)37-15-2-3-16-37)17-30(39)24-8-9-25-19-36-32(26(25)18-24)23-11-13-35-14-12-23/h4-6,8-9,11-14,18,22,29H,2-3,7,10,15-17,19-21H2,1H3/t22-,29?/m0/s1. The van der Waals surface area contributed by atoms with Crippen molar-refractivity contribution in [2.45, 2.75) is 51.2 Å². The number of pyridine rings is 1. The van der Waals surface area contributed by atoms with E-state index in [1.165, 1.54) is 13.2 Å². The molecule has 0 bridgehead atoms. The Labute approximate surface area is 240 Å². The molecule has 7 nitrogen and oxygen atoms in total. The highest BCUT2D eigenvalue weighted by atomic mass is 19.1. The molecule has 41 heavy (non-hydrogen) atoms. The van der Waals surface area contributed by atoms with Crippen LogP contribution < -0.4 is 4.74 Å². The minimum atomic E-state index is -0.347. The number of aromatic nitrogens is 1. The zero-order chi connectivity index (χ0) is 28.3. The first-order chi connectivity index (χ1) is 20.0. The van der Waals surface area contributed by atoms with Crippen LogP contribution in [0.1, 0.15) is 64.7 Å². The van der Waals surface area contributed by atoms with E-state index in [2.05, 4.69) is 9.88 Å². The number of carbonyl (C=O) groups excluding carboxylic acids is 2. The Balaban J connectivity index is 1.20. The molecule has 3 aliphatic rings. The summed E-state index contributed by atoms with van der Waals surface area (Å²) in [6.07, 6.45) is 7.32. The number of methoxy groups -OCH3 is 1. The maximum absolute atomic E-state index is 14.9. The lowest BCUT2D eigenvalue weighted by Gasteiger charge is -2.40. The Morgan fingerprint density at radius 1 is 1.05 bits per heavy atom. The number of carbonyl (C=O) groups is 2. The molecule has 2 aromatic carbocycles. The number of nitrogens with zero attached hydrogens (tertiary/aromatic N) is 4. The molecule has 0 N–H and O–H groups in total. The predicted octanol–water partition coefficient (Wildman–Crippen LogP) is 5.06. The summed E-state index contributed by atoms with van der Waals surface area (Å²) >= 11 is 0. The molecule has 1 unspecified atom stereocenters. The van der Waals surface area contributed by atoms with Gasteiger partial charge in [-0.15, -0.1) is 0 Å². The van der Waals surface area contributed by atoms with E-state index in [0.29, 0.717) is 42.8 Å². The van der Waals surface area contributed by atoms with Crippen molar-refractivity contribution in [1.82, 2.24) is 14.8 Å². The number of rotatable bonds is 8. The second-order valence-corrected chi connectivity index (χ2v) is 11.2. The largest absolute Gasteiger partial charge is 0.496 e. The molecule has 6 rings (SSSR count). The second-order valence-electron chi connectivity index (χ2n) is 11.2. The number of halogens is 1. The van der Waals surface area contributed by atoms with E-state index in [-0.39, 0.29) is 36.0 Å². The number of ether oxygens (including phenoxy) is 1. The van der Waals surface area contributed by atoms with Gasteiger partial charge in [0.2, 0.25) is 5.91 Å². The van der Waals surface area contributed by atoms with E-state index in [4.69, 9.17) is 9.73 Å². The number of ketones is 1. The number of fused-ring (bicyclic) bond motifs is 1. The van der Waals surface area contributed by atoms with E-state index in [1.807, 2.05) is 35.2 Å². The van der Waals surface area contributed by atoms with E-state index in [1.54, 1.807) is 24.5 Å². The van der Waals surface area contributed by atoms with Crippen molar-refractivity contribution in [1.29, 1.82) is 0 Å². The summed E-state index contributed by atoms with van der Waals surface area (Å²) in [6.45, 7) is 2.96. The summed E-state index contributed by atoms with van der Waals surface area (Å²) in [6, 6.07) is 14.2. The zero-order valence-electron chi connectivity index (χ0n) is 23.4. The lowest BCUT2D eigenvalue weighted by atomic mass is 9.86. The van der Waals surface area contributed by atoms with E-state index < -0.39 is 0 Å². The summed E-state index contributed by atoms with van der Waals surface area (Å²) in [5, 5.41) is 0. The van der Waals surface area contributed by atoms with Crippen molar-refractivity contribution in [2.75, 3.05) is 26.7 Å². The molecule has 212 valence electrons. The third-order valence-electron chi connectivity index (χ3n) is 8.66. The average Bonchev–Trinajstić information content (AvgIpc) is 3.69. The van der Waals surface area contributed by atoms with Crippen molar-refractivity contribution in [2.24, 2.45) is 10.9 Å². The molecular formula is C33H35FN4O3. The molecule has 0 saturated carbocycles. The minimum absolute atomic E-state index is 0.0597. The van der Waals surface area contributed by atoms with Gasteiger partial charge < -0.3 is 9.64 Å². The molecule has 2 atom stereocenters. The summed E-state index contributed by atoms with van der Waals surface area (Å²) in [4.78, 5) is 39.9. The quantitative estimate of drug-likeness (QED) is 0.364. The van der Waals surface area contributed by atoms with Crippen LogP contribution in [0.2, 0.25) is 0 Å². The molecule has 3 aromatic rings. The molecule has 1 aromatic heterocycles. The Hall–Kier alpha value is -3.91. The van der Waals surface area contributed by atoms with Crippen molar-refractivity contribution < 1.29 is 18.7 Å². The lowest BCUT2D eigenvalue weighted by molar-refractivity contribution is -0.138. The maximum Gasteiger partial charge on any atom is 0.239 e.